The lowest BCUT2D eigenvalue weighted by Crippen LogP contribution is -2.10. The zero-order valence-corrected chi connectivity index (χ0v) is 21.0. The number of rotatable bonds is 3. The molecule has 8 N–H and O–H groups in total. The van der Waals surface area contributed by atoms with Gasteiger partial charge < -0.3 is 49.7 Å². The van der Waals surface area contributed by atoms with Gasteiger partial charge in [0.05, 0.1) is 11.1 Å². The van der Waals surface area contributed by atoms with Gasteiger partial charge in [0.1, 0.15) is 50.9 Å². The molecule has 0 atom stereocenters. The van der Waals surface area contributed by atoms with E-state index in [9.17, 15) is 50.4 Å². The fraction of sp³-hybridized carbons (Fsp3) is 0. The third-order valence-electron chi connectivity index (χ3n) is 6.67. The lowest BCUT2D eigenvalue weighted by molar-refractivity contribution is 0.404. The Hall–Kier alpha value is -6.30. The van der Waals surface area contributed by atoms with E-state index in [4.69, 9.17) is 8.83 Å². The molecule has 0 bridgehead atoms. The maximum absolute atomic E-state index is 14.0. The lowest BCUT2D eigenvalue weighted by Gasteiger charge is -2.15. The van der Waals surface area contributed by atoms with Crippen molar-refractivity contribution in [3.05, 3.63) is 81.1 Å². The molecular formula is C30H18O12. The zero-order chi connectivity index (χ0) is 30.0. The number of aromatic hydroxyl groups is 8. The quantitative estimate of drug-likeness (QED) is 0.137. The van der Waals surface area contributed by atoms with E-state index in [-0.39, 0.29) is 28.2 Å². The maximum atomic E-state index is 14.0. The predicted octanol–water partition coefficient (Wildman–Crippen LogP) is 4.55. The van der Waals surface area contributed by atoms with Crippen molar-refractivity contribution in [1.82, 2.24) is 0 Å². The summed E-state index contributed by atoms with van der Waals surface area (Å²) in [6.45, 7) is 0. The van der Waals surface area contributed by atoms with Gasteiger partial charge in [-0.3, -0.25) is 9.59 Å². The van der Waals surface area contributed by atoms with Crippen LogP contribution in [0.2, 0.25) is 0 Å². The molecule has 6 aromatic rings. The van der Waals surface area contributed by atoms with Crippen molar-refractivity contribution in [2.45, 2.75) is 0 Å². The molecule has 210 valence electrons. The summed E-state index contributed by atoms with van der Waals surface area (Å²) in [5.41, 5.74) is -3.37. The zero-order valence-electron chi connectivity index (χ0n) is 21.0. The number of hydrogen-bond donors (Lipinski definition) is 8. The van der Waals surface area contributed by atoms with Gasteiger partial charge in [0.25, 0.3) is 0 Å². The van der Waals surface area contributed by atoms with Crippen molar-refractivity contribution in [3.8, 4) is 79.8 Å². The van der Waals surface area contributed by atoms with Crippen LogP contribution in [0.5, 0.6) is 46.0 Å². The molecule has 12 heteroatoms. The summed E-state index contributed by atoms with van der Waals surface area (Å²) < 4.78 is 11.8. The molecule has 0 aliphatic heterocycles. The van der Waals surface area contributed by atoms with Crippen LogP contribution in [0.15, 0.2) is 79.1 Å². The summed E-state index contributed by atoms with van der Waals surface area (Å²) in [7, 11) is 0. The van der Waals surface area contributed by atoms with Crippen LogP contribution in [0.3, 0.4) is 0 Å². The van der Waals surface area contributed by atoms with E-state index >= 15 is 0 Å². The smallest absolute Gasteiger partial charge is 0.205 e. The van der Waals surface area contributed by atoms with Crippen molar-refractivity contribution < 1.29 is 49.7 Å². The van der Waals surface area contributed by atoms with E-state index in [1.54, 1.807) is 0 Å². The largest absolute Gasteiger partial charge is 0.508 e. The van der Waals surface area contributed by atoms with Gasteiger partial charge in [-0.1, -0.05) is 0 Å². The normalized spacial score (nSPS) is 11.3. The molecule has 0 aliphatic carbocycles. The van der Waals surface area contributed by atoms with Crippen LogP contribution in [-0.4, -0.2) is 40.9 Å². The molecule has 12 nitrogen and oxygen atoms in total. The van der Waals surface area contributed by atoms with Crippen molar-refractivity contribution >= 4 is 21.9 Å². The van der Waals surface area contributed by atoms with Gasteiger partial charge >= 0.3 is 0 Å². The average molecular weight is 570 g/mol. The van der Waals surface area contributed by atoms with Gasteiger partial charge in [-0.15, -0.1) is 0 Å². The molecule has 2 aromatic heterocycles. The molecule has 2 heterocycles. The van der Waals surface area contributed by atoms with Gasteiger partial charge in [0.15, 0.2) is 34.0 Å². The Labute approximate surface area is 232 Å². The molecular weight excluding hydrogens is 552 g/mol. The van der Waals surface area contributed by atoms with Crippen LogP contribution in [-0.2, 0) is 0 Å². The molecule has 0 fully saturated rings. The number of fused-ring (bicyclic) bond motifs is 2. The van der Waals surface area contributed by atoms with E-state index in [0.717, 1.165) is 48.5 Å². The first-order valence-electron chi connectivity index (χ1n) is 12.0. The molecule has 0 saturated heterocycles. The average Bonchev–Trinajstić information content (AvgIpc) is 2.91. The number of phenolic OH excluding ortho intramolecular Hbond substituents is 8. The van der Waals surface area contributed by atoms with Gasteiger partial charge in [0.2, 0.25) is 5.43 Å². The molecule has 42 heavy (non-hydrogen) atoms. The summed E-state index contributed by atoms with van der Waals surface area (Å²) >= 11 is 0. The fourth-order valence-corrected chi connectivity index (χ4v) is 4.74. The highest BCUT2D eigenvalue weighted by Crippen LogP contribution is 2.46. The van der Waals surface area contributed by atoms with Crippen LogP contribution in [0.4, 0.5) is 0 Å². The van der Waals surface area contributed by atoms with Crippen molar-refractivity contribution in [1.29, 1.82) is 0 Å². The Morgan fingerprint density at radius 1 is 0.500 bits per heavy atom. The molecule has 0 aliphatic rings. The SMILES string of the molecule is O=c1c(-c2c(O)cc(O)c3c(=O)cc(-c4ccc(O)c(O)c4)oc23)c(-c2ccc(O)c(O)c2)oc2cc(O)cc(O)c12. The Balaban J connectivity index is 1.80. The van der Waals surface area contributed by atoms with Crippen molar-refractivity contribution in [2.75, 3.05) is 0 Å². The Bertz CT molecular complexity index is 2230. The van der Waals surface area contributed by atoms with Crippen molar-refractivity contribution in [2.24, 2.45) is 0 Å². The van der Waals surface area contributed by atoms with E-state index in [2.05, 4.69) is 0 Å². The minimum atomic E-state index is -0.964. The van der Waals surface area contributed by atoms with Gasteiger partial charge in [-0.2, -0.15) is 0 Å². The molecule has 0 saturated carbocycles. The second-order valence-electron chi connectivity index (χ2n) is 9.35. The second-order valence-corrected chi connectivity index (χ2v) is 9.35. The first-order chi connectivity index (χ1) is 19.9. The standard InChI is InChI=1S/C30H18O12/c31-13-7-18(36)25-23(8-13)42-29(12-2-4-15(33)17(35)6-12)27(28(25)40)26-20(38)9-19(37)24-21(39)10-22(41-30(24)26)11-1-3-14(32)16(34)5-11/h1-10,31-38H. The van der Waals surface area contributed by atoms with Crippen LogP contribution in [0.1, 0.15) is 0 Å². The Kier molecular flexibility index (Phi) is 5.64. The third-order valence-corrected chi connectivity index (χ3v) is 6.67. The maximum Gasteiger partial charge on any atom is 0.205 e. The summed E-state index contributed by atoms with van der Waals surface area (Å²) in [6, 6.07) is 10.7. The molecule has 0 spiro atoms. The second kappa shape index (κ2) is 9.13. The topological polar surface area (TPSA) is 222 Å². The summed E-state index contributed by atoms with van der Waals surface area (Å²) in [4.78, 5) is 27.3. The number of hydrogen-bond acceptors (Lipinski definition) is 12. The van der Waals surface area contributed by atoms with Gasteiger partial charge in [-0.05, 0) is 36.4 Å². The van der Waals surface area contributed by atoms with Crippen LogP contribution in [0, 0.1) is 0 Å². The van der Waals surface area contributed by atoms with Gasteiger partial charge in [0, 0.05) is 35.4 Å². The fourth-order valence-electron chi connectivity index (χ4n) is 4.74. The number of benzene rings is 4. The first kappa shape index (κ1) is 26.0. The van der Waals surface area contributed by atoms with E-state index in [1.165, 1.54) is 12.1 Å². The highest BCUT2D eigenvalue weighted by molar-refractivity contribution is 6.04. The van der Waals surface area contributed by atoms with E-state index in [1.807, 2.05) is 0 Å². The Morgan fingerprint density at radius 2 is 1.12 bits per heavy atom. The predicted molar refractivity (Wildman–Crippen MR) is 148 cm³/mol. The molecule has 0 radical (unpaired) electrons. The third kappa shape index (κ3) is 3.93. The molecule has 0 unspecified atom stereocenters. The molecule has 0 amide bonds. The monoisotopic (exact) mass is 570 g/mol. The molecule has 6 rings (SSSR count). The van der Waals surface area contributed by atoms with E-state index < -0.39 is 84.3 Å². The highest BCUT2D eigenvalue weighted by atomic mass is 16.3. The van der Waals surface area contributed by atoms with Crippen molar-refractivity contribution in [3.63, 3.8) is 0 Å². The first-order valence-corrected chi connectivity index (χ1v) is 12.0. The highest BCUT2D eigenvalue weighted by Gasteiger charge is 2.28. The van der Waals surface area contributed by atoms with Crippen LogP contribution in [0.25, 0.3) is 55.7 Å². The summed E-state index contributed by atoms with van der Waals surface area (Å²) in [6.07, 6.45) is 0. The minimum absolute atomic E-state index is 0.00952. The summed E-state index contributed by atoms with van der Waals surface area (Å²) in [5.74, 6) is -5.15. The number of phenols is 8. The van der Waals surface area contributed by atoms with Gasteiger partial charge in [-0.25, -0.2) is 0 Å². The minimum Gasteiger partial charge on any atom is -0.508 e. The Morgan fingerprint density at radius 3 is 1.79 bits per heavy atom. The lowest BCUT2D eigenvalue weighted by atomic mass is 9.95. The molecule has 4 aromatic carbocycles. The summed E-state index contributed by atoms with van der Waals surface area (Å²) in [5, 5.41) is 81.0. The van der Waals surface area contributed by atoms with E-state index in [0.29, 0.717) is 0 Å². The van der Waals surface area contributed by atoms with Crippen LogP contribution < -0.4 is 10.9 Å². The van der Waals surface area contributed by atoms with Crippen LogP contribution >= 0.6 is 0 Å².